The molecule has 0 spiro atoms. The molecule has 2 N–H and O–H groups in total. The van der Waals surface area contributed by atoms with Crippen LogP contribution in [0.2, 0.25) is 0 Å². The first-order chi connectivity index (χ1) is 4.89. The van der Waals surface area contributed by atoms with Crippen molar-refractivity contribution in [3.05, 3.63) is 0 Å². The van der Waals surface area contributed by atoms with Crippen molar-refractivity contribution in [2.75, 3.05) is 6.26 Å². The third-order valence-corrected chi connectivity index (χ3v) is 1.32. The van der Waals surface area contributed by atoms with Gasteiger partial charge in [0, 0.05) is 0 Å². The van der Waals surface area contributed by atoms with Crippen molar-refractivity contribution in [1.29, 1.82) is 0 Å². The topological polar surface area (TPSA) is 74.6 Å². The lowest BCUT2D eigenvalue weighted by molar-refractivity contribution is 0.183. The zero-order valence-electron chi connectivity index (χ0n) is 6.52. The largest absolute Gasteiger partial charge is 0.393 e. The van der Waals surface area contributed by atoms with E-state index in [1.54, 1.807) is 0 Å². The average molecular weight is 182 g/mol. The van der Waals surface area contributed by atoms with Gasteiger partial charge in [-0.25, -0.2) is 0 Å². The molecule has 0 atom stereocenters. The molecule has 0 aromatic carbocycles. The molecular formula is C6H14O4S. The standard InChI is InChI=1S/C5H10O.CH4O3S/c6-5-3-1-2-4-5;1-5(2,3)4/h5-6H,1-4H2;1H3,(H,2,3,4). The summed E-state index contributed by atoms with van der Waals surface area (Å²) >= 11 is 0. The van der Waals surface area contributed by atoms with Gasteiger partial charge in [-0.1, -0.05) is 12.8 Å². The maximum Gasteiger partial charge on any atom is 0.261 e. The SMILES string of the molecule is CS(=O)(=O)O.OC1CCCC1. The highest BCUT2D eigenvalue weighted by Crippen LogP contribution is 2.16. The van der Waals surface area contributed by atoms with Crippen LogP contribution in [-0.4, -0.2) is 30.4 Å². The van der Waals surface area contributed by atoms with Crippen LogP contribution in [-0.2, 0) is 10.1 Å². The molecule has 1 rings (SSSR count). The minimum Gasteiger partial charge on any atom is -0.393 e. The first kappa shape index (κ1) is 10.9. The van der Waals surface area contributed by atoms with Gasteiger partial charge in [0.2, 0.25) is 0 Å². The van der Waals surface area contributed by atoms with Gasteiger partial charge in [0.25, 0.3) is 10.1 Å². The molecule has 1 aliphatic carbocycles. The van der Waals surface area contributed by atoms with E-state index in [9.17, 15) is 8.42 Å². The molecule has 1 saturated carbocycles. The fourth-order valence-corrected chi connectivity index (χ4v) is 0.904. The van der Waals surface area contributed by atoms with E-state index in [2.05, 4.69) is 0 Å². The Morgan fingerprint density at radius 3 is 1.64 bits per heavy atom. The molecule has 1 fully saturated rings. The molecule has 0 saturated heterocycles. The van der Waals surface area contributed by atoms with Gasteiger partial charge in [-0.15, -0.1) is 0 Å². The molecule has 5 heteroatoms. The summed E-state index contributed by atoms with van der Waals surface area (Å²) < 4.78 is 25.9. The fraction of sp³-hybridized carbons (Fsp3) is 1.00. The second-order valence-electron chi connectivity index (χ2n) is 2.67. The Kier molecular flexibility index (Phi) is 4.63. The molecule has 0 aromatic heterocycles. The molecule has 4 nitrogen and oxygen atoms in total. The number of aliphatic hydroxyl groups excluding tert-OH is 1. The van der Waals surface area contributed by atoms with E-state index in [-0.39, 0.29) is 6.10 Å². The van der Waals surface area contributed by atoms with Gasteiger partial charge >= 0.3 is 0 Å². The normalized spacial score (nSPS) is 19.2. The van der Waals surface area contributed by atoms with Crippen molar-refractivity contribution in [2.24, 2.45) is 0 Å². The van der Waals surface area contributed by atoms with Gasteiger partial charge in [-0.3, -0.25) is 4.55 Å². The Hall–Kier alpha value is -0.130. The summed E-state index contributed by atoms with van der Waals surface area (Å²) in [5.74, 6) is 0. The maximum absolute atomic E-state index is 9.19. The van der Waals surface area contributed by atoms with Crippen LogP contribution in [0.5, 0.6) is 0 Å². The predicted molar refractivity (Wildman–Crippen MR) is 41.9 cm³/mol. The molecule has 0 heterocycles. The van der Waals surface area contributed by atoms with E-state index in [1.165, 1.54) is 12.8 Å². The Morgan fingerprint density at radius 1 is 1.27 bits per heavy atom. The van der Waals surface area contributed by atoms with Crippen molar-refractivity contribution < 1.29 is 18.1 Å². The number of aliphatic hydroxyl groups is 1. The Labute approximate surface area is 67.0 Å². The Balaban J connectivity index is 0.000000187. The quantitative estimate of drug-likeness (QED) is 0.532. The molecule has 68 valence electrons. The lowest BCUT2D eigenvalue weighted by atomic mass is 10.3. The third kappa shape index (κ3) is 13.0. The molecule has 0 amide bonds. The first-order valence-corrected chi connectivity index (χ1v) is 5.35. The second-order valence-corrected chi connectivity index (χ2v) is 4.14. The molecule has 0 aliphatic heterocycles. The van der Waals surface area contributed by atoms with Gasteiger partial charge in [0.15, 0.2) is 0 Å². The van der Waals surface area contributed by atoms with Crippen molar-refractivity contribution in [3.63, 3.8) is 0 Å². The molecule has 0 radical (unpaired) electrons. The fourth-order valence-electron chi connectivity index (χ4n) is 0.904. The van der Waals surface area contributed by atoms with Crippen LogP contribution in [0.15, 0.2) is 0 Å². The van der Waals surface area contributed by atoms with Gasteiger partial charge in [-0.2, -0.15) is 8.42 Å². The van der Waals surface area contributed by atoms with Crippen molar-refractivity contribution in [2.45, 2.75) is 31.8 Å². The zero-order chi connectivity index (χ0) is 8.91. The highest BCUT2D eigenvalue weighted by Gasteiger charge is 2.09. The van der Waals surface area contributed by atoms with E-state index in [0.29, 0.717) is 6.26 Å². The van der Waals surface area contributed by atoms with E-state index in [4.69, 9.17) is 9.66 Å². The molecule has 0 aromatic rings. The van der Waals surface area contributed by atoms with E-state index in [0.717, 1.165) is 12.8 Å². The number of hydrogen-bond acceptors (Lipinski definition) is 3. The van der Waals surface area contributed by atoms with Crippen LogP contribution in [0.3, 0.4) is 0 Å². The maximum atomic E-state index is 9.19. The lowest BCUT2D eigenvalue weighted by Crippen LogP contribution is -1.94. The van der Waals surface area contributed by atoms with E-state index in [1.807, 2.05) is 0 Å². The molecule has 0 bridgehead atoms. The van der Waals surface area contributed by atoms with Gasteiger partial charge in [0.1, 0.15) is 0 Å². The van der Waals surface area contributed by atoms with Crippen LogP contribution in [0.25, 0.3) is 0 Å². The lowest BCUT2D eigenvalue weighted by Gasteiger charge is -1.91. The number of hydrogen-bond donors (Lipinski definition) is 2. The van der Waals surface area contributed by atoms with Gasteiger partial charge in [0.05, 0.1) is 12.4 Å². The third-order valence-electron chi connectivity index (χ3n) is 1.32. The second kappa shape index (κ2) is 4.69. The molecule has 1 aliphatic rings. The zero-order valence-corrected chi connectivity index (χ0v) is 7.34. The summed E-state index contributed by atoms with van der Waals surface area (Å²) in [6.45, 7) is 0. The molecular weight excluding hydrogens is 168 g/mol. The summed E-state index contributed by atoms with van der Waals surface area (Å²) in [4.78, 5) is 0. The van der Waals surface area contributed by atoms with Crippen LogP contribution < -0.4 is 0 Å². The Bertz CT molecular complexity index is 171. The van der Waals surface area contributed by atoms with Crippen LogP contribution >= 0.6 is 0 Å². The smallest absolute Gasteiger partial charge is 0.261 e. The van der Waals surface area contributed by atoms with Crippen LogP contribution in [0.1, 0.15) is 25.7 Å². The summed E-state index contributed by atoms with van der Waals surface area (Å²) in [5, 5.41) is 8.73. The summed E-state index contributed by atoms with van der Waals surface area (Å²) in [6, 6.07) is 0. The Morgan fingerprint density at radius 2 is 1.55 bits per heavy atom. The highest BCUT2D eigenvalue weighted by atomic mass is 32.2. The summed E-state index contributed by atoms with van der Waals surface area (Å²) in [5.41, 5.74) is 0. The minimum absolute atomic E-state index is 0.0463. The van der Waals surface area contributed by atoms with E-state index < -0.39 is 10.1 Å². The van der Waals surface area contributed by atoms with Crippen LogP contribution in [0.4, 0.5) is 0 Å². The van der Waals surface area contributed by atoms with Gasteiger partial charge in [-0.05, 0) is 12.8 Å². The average Bonchev–Trinajstić information content (AvgIpc) is 2.12. The highest BCUT2D eigenvalue weighted by molar-refractivity contribution is 7.85. The summed E-state index contributed by atoms with van der Waals surface area (Å²) in [6.07, 6.45) is 5.32. The molecule has 11 heavy (non-hydrogen) atoms. The first-order valence-electron chi connectivity index (χ1n) is 3.50. The van der Waals surface area contributed by atoms with Crippen molar-refractivity contribution in [1.82, 2.24) is 0 Å². The molecule has 0 unspecified atom stereocenters. The predicted octanol–water partition coefficient (Wildman–Crippen LogP) is 0.425. The van der Waals surface area contributed by atoms with E-state index >= 15 is 0 Å². The number of rotatable bonds is 0. The minimum atomic E-state index is -3.67. The van der Waals surface area contributed by atoms with Crippen molar-refractivity contribution >= 4 is 10.1 Å². The monoisotopic (exact) mass is 182 g/mol. The van der Waals surface area contributed by atoms with Gasteiger partial charge < -0.3 is 5.11 Å². The van der Waals surface area contributed by atoms with Crippen LogP contribution in [0, 0.1) is 0 Å². The van der Waals surface area contributed by atoms with Crippen molar-refractivity contribution in [3.8, 4) is 0 Å². The summed E-state index contributed by atoms with van der Waals surface area (Å²) in [7, 11) is -3.67.